The molecule has 1 aliphatic rings. The number of hydrogen-bond acceptors (Lipinski definition) is 4. The molecule has 0 aliphatic carbocycles. The van der Waals surface area contributed by atoms with E-state index >= 15 is 0 Å². The van der Waals surface area contributed by atoms with Gasteiger partial charge < -0.3 is 15.5 Å². The molecule has 3 aromatic carbocycles. The lowest BCUT2D eigenvalue weighted by Gasteiger charge is -2.23. The van der Waals surface area contributed by atoms with Gasteiger partial charge in [-0.3, -0.25) is 4.79 Å². The van der Waals surface area contributed by atoms with Crippen molar-refractivity contribution in [2.75, 3.05) is 29.9 Å². The first kappa shape index (κ1) is 22.0. The van der Waals surface area contributed by atoms with Gasteiger partial charge in [-0.1, -0.05) is 47.7 Å². The van der Waals surface area contributed by atoms with Crippen LogP contribution in [0.25, 0.3) is 5.70 Å². The van der Waals surface area contributed by atoms with Crippen LogP contribution in [0, 0.1) is 6.92 Å². The number of carbonyl (C=O) groups excluding carboxylic acids is 1. The van der Waals surface area contributed by atoms with Crippen molar-refractivity contribution in [1.82, 2.24) is 5.32 Å². The second-order valence-electron chi connectivity index (χ2n) is 7.81. The Morgan fingerprint density at radius 2 is 1.84 bits per heavy atom. The first-order chi connectivity index (χ1) is 15.6. The normalized spacial score (nSPS) is 13.5. The molecule has 0 saturated carbocycles. The van der Waals surface area contributed by atoms with Crippen LogP contribution in [0.1, 0.15) is 35.3 Å². The Kier molecular flexibility index (Phi) is 6.86. The van der Waals surface area contributed by atoms with E-state index in [1.54, 1.807) is 11.8 Å². The van der Waals surface area contributed by atoms with Gasteiger partial charge in [-0.25, -0.2) is 0 Å². The van der Waals surface area contributed by atoms with E-state index in [0.717, 1.165) is 29.4 Å². The van der Waals surface area contributed by atoms with E-state index in [2.05, 4.69) is 65.8 Å². The van der Waals surface area contributed by atoms with Gasteiger partial charge in [0.25, 0.3) is 5.91 Å². The molecule has 2 N–H and O–H groups in total. The molecule has 3 aromatic rings. The van der Waals surface area contributed by atoms with Crippen molar-refractivity contribution in [2.45, 2.75) is 30.6 Å². The number of hydrogen-bond donors (Lipinski definition) is 2. The van der Waals surface area contributed by atoms with Crippen LogP contribution in [0.5, 0.6) is 0 Å². The standard InChI is InChI=1S/C27H29N3OS/c1-4-23-22-17-19(3)11-13-25(22)32-26-14-12-20(18-24(26)29-23)27(31)28-15-16-30(5-2)21-9-7-6-8-10-21/h4,6-14,17-18,29H,5,15-16H2,1-3H3,(H,28,31). The van der Waals surface area contributed by atoms with Gasteiger partial charge in [0.1, 0.15) is 0 Å². The molecule has 0 radical (unpaired) electrons. The van der Waals surface area contributed by atoms with Crippen LogP contribution in [-0.2, 0) is 0 Å². The molecule has 1 heterocycles. The fourth-order valence-electron chi connectivity index (χ4n) is 3.87. The zero-order valence-corrected chi connectivity index (χ0v) is 19.6. The minimum atomic E-state index is -0.0525. The molecule has 0 spiro atoms. The summed E-state index contributed by atoms with van der Waals surface area (Å²) in [5.41, 5.74) is 6.29. The summed E-state index contributed by atoms with van der Waals surface area (Å²) in [6.45, 7) is 8.52. The van der Waals surface area contributed by atoms with Crippen LogP contribution < -0.4 is 15.5 Å². The Morgan fingerprint density at radius 1 is 1.06 bits per heavy atom. The largest absolute Gasteiger partial charge is 0.370 e. The minimum Gasteiger partial charge on any atom is -0.370 e. The van der Waals surface area contributed by atoms with Gasteiger partial charge in [0, 0.05) is 51.9 Å². The molecule has 32 heavy (non-hydrogen) atoms. The maximum Gasteiger partial charge on any atom is 0.251 e. The highest BCUT2D eigenvalue weighted by Gasteiger charge is 2.19. The Hall–Kier alpha value is -3.18. The lowest BCUT2D eigenvalue weighted by atomic mass is 10.1. The third-order valence-corrected chi connectivity index (χ3v) is 6.77. The second-order valence-corrected chi connectivity index (χ2v) is 8.89. The summed E-state index contributed by atoms with van der Waals surface area (Å²) < 4.78 is 0. The summed E-state index contributed by atoms with van der Waals surface area (Å²) >= 11 is 1.73. The van der Waals surface area contributed by atoms with Gasteiger partial charge in [0.2, 0.25) is 0 Å². The minimum absolute atomic E-state index is 0.0525. The molecular formula is C27H29N3OS. The number of nitrogens with one attached hydrogen (secondary N) is 2. The van der Waals surface area contributed by atoms with Gasteiger partial charge in [0.15, 0.2) is 0 Å². The number of nitrogens with zero attached hydrogens (tertiary/aromatic N) is 1. The average molecular weight is 444 g/mol. The third kappa shape index (κ3) is 4.83. The van der Waals surface area contributed by atoms with Crippen LogP contribution >= 0.6 is 11.8 Å². The first-order valence-electron chi connectivity index (χ1n) is 11.0. The fraction of sp³-hybridized carbons (Fsp3) is 0.222. The van der Waals surface area contributed by atoms with Crippen molar-refractivity contribution >= 4 is 34.7 Å². The zero-order valence-electron chi connectivity index (χ0n) is 18.8. The van der Waals surface area contributed by atoms with Crippen LogP contribution in [0.3, 0.4) is 0 Å². The maximum absolute atomic E-state index is 12.9. The summed E-state index contributed by atoms with van der Waals surface area (Å²) in [5, 5.41) is 6.62. The van der Waals surface area contributed by atoms with Crippen molar-refractivity contribution in [2.24, 2.45) is 0 Å². The number of anilines is 2. The second kappa shape index (κ2) is 9.96. The molecule has 1 amide bonds. The van der Waals surface area contributed by atoms with Crippen LogP contribution in [0.15, 0.2) is 82.6 Å². The number of benzene rings is 3. The molecule has 0 atom stereocenters. The number of allylic oxidation sites excluding steroid dienone is 1. The van der Waals surface area contributed by atoms with Gasteiger partial charge >= 0.3 is 0 Å². The zero-order chi connectivity index (χ0) is 22.5. The van der Waals surface area contributed by atoms with Crippen LogP contribution in [0.2, 0.25) is 0 Å². The van der Waals surface area contributed by atoms with E-state index < -0.39 is 0 Å². The fourth-order valence-corrected chi connectivity index (χ4v) is 4.88. The monoisotopic (exact) mass is 443 g/mol. The smallest absolute Gasteiger partial charge is 0.251 e. The highest BCUT2D eigenvalue weighted by Crippen LogP contribution is 2.42. The predicted octanol–water partition coefficient (Wildman–Crippen LogP) is 6.19. The number of para-hydroxylation sites is 1. The molecule has 164 valence electrons. The van der Waals surface area contributed by atoms with Crippen LogP contribution in [-0.4, -0.2) is 25.5 Å². The van der Waals surface area contributed by atoms with E-state index in [0.29, 0.717) is 12.1 Å². The number of likely N-dealkylation sites (N-methyl/N-ethyl adjacent to an activating group) is 1. The predicted molar refractivity (Wildman–Crippen MR) is 136 cm³/mol. The van der Waals surface area contributed by atoms with E-state index in [1.165, 1.54) is 21.7 Å². The number of fused-ring (bicyclic) bond motifs is 2. The molecule has 0 fully saturated rings. The Labute approximate surface area is 194 Å². The Morgan fingerprint density at radius 3 is 2.59 bits per heavy atom. The Bertz CT molecular complexity index is 1140. The quantitative estimate of drug-likeness (QED) is 0.477. The van der Waals surface area contributed by atoms with Crippen molar-refractivity contribution in [3.05, 3.63) is 89.5 Å². The van der Waals surface area contributed by atoms with E-state index in [4.69, 9.17) is 0 Å². The number of amides is 1. The van der Waals surface area contributed by atoms with Gasteiger partial charge in [-0.15, -0.1) is 0 Å². The lowest BCUT2D eigenvalue weighted by Crippen LogP contribution is -2.35. The molecule has 0 bridgehead atoms. The van der Waals surface area contributed by atoms with E-state index in [-0.39, 0.29) is 5.91 Å². The third-order valence-electron chi connectivity index (χ3n) is 5.62. The topological polar surface area (TPSA) is 44.4 Å². The van der Waals surface area contributed by atoms with Gasteiger partial charge in [-0.05, 0) is 63.2 Å². The Balaban J connectivity index is 1.46. The SMILES string of the molecule is CC=C1Nc2cc(C(=O)NCCN(CC)c3ccccc3)ccc2Sc2ccc(C)cc21. The summed E-state index contributed by atoms with van der Waals surface area (Å²) in [7, 11) is 0. The number of carbonyl (C=O) groups is 1. The maximum atomic E-state index is 12.9. The van der Waals surface area contributed by atoms with Gasteiger partial charge in [-0.2, -0.15) is 0 Å². The van der Waals surface area contributed by atoms with E-state index in [1.807, 2.05) is 43.3 Å². The molecule has 0 saturated heterocycles. The van der Waals surface area contributed by atoms with Crippen molar-refractivity contribution in [1.29, 1.82) is 0 Å². The molecule has 4 nitrogen and oxygen atoms in total. The average Bonchev–Trinajstić information content (AvgIpc) is 2.98. The number of rotatable bonds is 6. The molecule has 0 unspecified atom stereocenters. The van der Waals surface area contributed by atoms with Crippen molar-refractivity contribution in [3.8, 4) is 0 Å². The summed E-state index contributed by atoms with van der Waals surface area (Å²) in [4.78, 5) is 17.4. The van der Waals surface area contributed by atoms with Gasteiger partial charge in [0.05, 0.1) is 5.69 Å². The summed E-state index contributed by atoms with van der Waals surface area (Å²) in [5.74, 6) is -0.0525. The summed E-state index contributed by atoms with van der Waals surface area (Å²) in [6.07, 6.45) is 2.09. The highest BCUT2D eigenvalue weighted by atomic mass is 32.2. The molecule has 1 aliphatic heterocycles. The van der Waals surface area contributed by atoms with Crippen molar-refractivity contribution < 1.29 is 4.79 Å². The molecule has 0 aromatic heterocycles. The number of aryl methyl sites for hydroxylation is 1. The van der Waals surface area contributed by atoms with Crippen molar-refractivity contribution in [3.63, 3.8) is 0 Å². The highest BCUT2D eigenvalue weighted by molar-refractivity contribution is 7.99. The van der Waals surface area contributed by atoms with Crippen LogP contribution in [0.4, 0.5) is 11.4 Å². The van der Waals surface area contributed by atoms with E-state index in [9.17, 15) is 4.79 Å². The lowest BCUT2D eigenvalue weighted by molar-refractivity contribution is 0.0954. The molecule has 5 heteroatoms. The first-order valence-corrected chi connectivity index (χ1v) is 11.8. The molecule has 4 rings (SSSR count). The molecular weight excluding hydrogens is 414 g/mol. The summed E-state index contributed by atoms with van der Waals surface area (Å²) in [6, 6.07) is 22.7.